The number of nitrogens with zero attached hydrogens (tertiary/aromatic N) is 5. The number of hydrogen-bond acceptors (Lipinski definition) is 6. The van der Waals surface area contributed by atoms with Gasteiger partial charge in [-0.1, -0.05) is 30.3 Å². The number of pyridine rings is 1. The summed E-state index contributed by atoms with van der Waals surface area (Å²) in [7, 11) is 0. The van der Waals surface area contributed by atoms with Gasteiger partial charge >= 0.3 is 0 Å². The summed E-state index contributed by atoms with van der Waals surface area (Å²) in [4.78, 5) is 18.3. The molecule has 1 unspecified atom stereocenters. The van der Waals surface area contributed by atoms with Crippen LogP contribution < -0.4 is 5.32 Å². The zero-order valence-corrected chi connectivity index (χ0v) is 12.1. The summed E-state index contributed by atoms with van der Waals surface area (Å²) in [6.07, 6.45) is 4.35. The Morgan fingerprint density at radius 2 is 2.04 bits per heavy atom. The van der Waals surface area contributed by atoms with E-state index < -0.39 is 4.92 Å². The number of rotatable bonds is 6. The van der Waals surface area contributed by atoms with Gasteiger partial charge in [0.05, 0.1) is 17.5 Å². The normalized spacial score (nSPS) is 11.8. The average Bonchev–Trinajstić information content (AvgIpc) is 3.09. The third-order valence-corrected chi connectivity index (χ3v) is 3.32. The van der Waals surface area contributed by atoms with E-state index in [9.17, 15) is 10.1 Å². The highest BCUT2D eigenvalue weighted by atomic mass is 16.6. The van der Waals surface area contributed by atoms with Gasteiger partial charge in [0, 0.05) is 6.07 Å². The molecule has 0 fully saturated rings. The third-order valence-electron chi connectivity index (χ3n) is 3.32. The molecular formula is C15H14N6O2. The van der Waals surface area contributed by atoms with Gasteiger partial charge in [-0.3, -0.25) is 14.8 Å². The molecule has 0 saturated heterocycles. The van der Waals surface area contributed by atoms with Crippen LogP contribution in [0.25, 0.3) is 0 Å². The van der Waals surface area contributed by atoms with E-state index in [-0.39, 0.29) is 11.7 Å². The molecule has 116 valence electrons. The topological polar surface area (TPSA) is 98.8 Å². The third kappa shape index (κ3) is 3.67. The summed E-state index contributed by atoms with van der Waals surface area (Å²) in [5.74, 6) is 0.560. The van der Waals surface area contributed by atoms with Crippen molar-refractivity contribution in [1.29, 1.82) is 0 Å². The summed E-state index contributed by atoms with van der Waals surface area (Å²) in [5, 5.41) is 18.1. The van der Waals surface area contributed by atoms with Crippen LogP contribution in [-0.2, 0) is 6.54 Å². The maximum Gasteiger partial charge on any atom is 0.287 e. The van der Waals surface area contributed by atoms with E-state index in [1.807, 2.05) is 30.3 Å². The summed E-state index contributed by atoms with van der Waals surface area (Å²) >= 11 is 0. The second kappa shape index (κ2) is 6.65. The van der Waals surface area contributed by atoms with Crippen molar-refractivity contribution in [2.75, 3.05) is 5.32 Å². The standard InChI is InChI=1S/C15H14N6O2/c22-21(23)13-6-7-15(17-8-13)19-14(9-20-11-16-10-18-20)12-4-2-1-3-5-12/h1-8,10-11,14H,9H2,(H,17,19). The monoisotopic (exact) mass is 310 g/mol. The molecule has 3 rings (SSSR count). The molecular weight excluding hydrogens is 296 g/mol. The van der Waals surface area contributed by atoms with Crippen molar-refractivity contribution in [3.63, 3.8) is 0 Å². The second-order valence-corrected chi connectivity index (χ2v) is 4.88. The van der Waals surface area contributed by atoms with Crippen molar-refractivity contribution in [1.82, 2.24) is 19.7 Å². The molecule has 0 bridgehead atoms. The molecule has 2 aromatic heterocycles. The van der Waals surface area contributed by atoms with Crippen LogP contribution in [0.3, 0.4) is 0 Å². The first-order valence-corrected chi connectivity index (χ1v) is 6.97. The van der Waals surface area contributed by atoms with Gasteiger partial charge in [-0.25, -0.2) is 9.97 Å². The zero-order chi connectivity index (χ0) is 16.1. The first kappa shape index (κ1) is 14.6. The maximum atomic E-state index is 10.7. The first-order chi connectivity index (χ1) is 11.2. The van der Waals surface area contributed by atoms with Gasteiger partial charge in [-0.15, -0.1) is 0 Å². The van der Waals surface area contributed by atoms with Gasteiger partial charge in [0.15, 0.2) is 0 Å². The molecule has 3 aromatic rings. The number of aromatic nitrogens is 4. The molecule has 0 radical (unpaired) electrons. The molecule has 8 heteroatoms. The Hall–Kier alpha value is -3.29. The number of nitrogens with one attached hydrogen (secondary N) is 1. The van der Waals surface area contributed by atoms with Crippen molar-refractivity contribution < 1.29 is 4.92 Å². The quantitative estimate of drug-likeness (QED) is 0.554. The number of nitro groups is 1. The average molecular weight is 310 g/mol. The van der Waals surface area contributed by atoms with Crippen LogP contribution in [0.1, 0.15) is 11.6 Å². The smallest absolute Gasteiger partial charge is 0.287 e. The van der Waals surface area contributed by atoms with Crippen LogP contribution in [0.2, 0.25) is 0 Å². The first-order valence-electron chi connectivity index (χ1n) is 6.97. The Bertz CT molecular complexity index is 758. The minimum Gasteiger partial charge on any atom is -0.361 e. The number of benzene rings is 1. The van der Waals surface area contributed by atoms with E-state index in [1.54, 1.807) is 17.1 Å². The Morgan fingerprint density at radius 1 is 1.22 bits per heavy atom. The van der Waals surface area contributed by atoms with Crippen molar-refractivity contribution in [2.45, 2.75) is 12.6 Å². The van der Waals surface area contributed by atoms with Crippen LogP contribution in [-0.4, -0.2) is 24.7 Å². The molecule has 23 heavy (non-hydrogen) atoms. The lowest BCUT2D eigenvalue weighted by atomic mass is 10.1. The number of hydrogen-bond donors (Lipinski definition) is 1. The van der Waals surface area contributed by atoms with Crippen molar-refractivity contribution in [3.8, 4) is 0 Å². The minimum atomic E-state index is -0.471. The highest BCUT2D eigenvalue weighted by Gasteiger charge is 2.14. The number of anilines is 1. The highest BCUT2D eigenvalue weighted by molar-refractivity contribution is 5.42. The van der Waals surface area contributed by atoms with E-state index in [1.165, 1.54) is 18.6 Å². The lowest BCUT2D eigenvalue weighted by Crippen LogP contribution is -2.18. The molecule has 0 spiro atoms. The van der Waals surface area contributed by atoms with Crippen LogP contribution in [0.4, 0.5) is 11.5 Å². The van der Waals surface area contributed by atoms with Crippen LogP contribution in [0.15, 0.2) is 61.3 Å². The van der Waals surface area contributed by atoms with Crippen LogP contribution in [0.5, 0.6) is 0 Å². The van der Waals surface area contributed by atoms with Gasteiger partial charge in [0.25, 0.3) is 5.69 Å². The maximum absolute atomic E-state index is 10.7. The Labute approximate surface area is 132 Å². The molecule has 0 aliphatic heterocycles. The molecule has 2 heterocycles. The molecule has 1 aromatic carbocycles. The van der Waals surface area contributed by atoms with Crippen molar-refractivity contribution >= 4 is 11.5 Å². The molecule has 1 atom stereocenters. The Kier molecular flexibility index (Phi) is 4.23. The van der Waals surface area contributed by atoms with E-state index in [2.05, 4.69) is 20.4 Å². The van der Waals surface area contributed by atoms with Gasteiger partial charge in [-0.05, 0) is 11.6 Å². The molecule has 0 saturated carbocycles. The fourth-order valence-electron chi connectivity index (χ4n) is 2.19. The molecule has 0 amide bonds. The minimum absolute atomic E-state index is 0.0388. The lowest BCUT2D eigenvalue weighted by Gasteiger charge is -2.19. The predicted octanol–water partition coefficient (Wildman–Crippen LogP) is 2.43. The van der Waals surface area contributed by atoms with Crippen molar-refractivity contribution in [2.24, 2.45) is 0 Å². The van der Waals surface area contributed by atoms with E-state index in [4.69, 9.17) is 0 Å². The summed E-state index contributed by atoms with van der Waals surface area (Å²) in [6.45, 7) is 0.558. The fraction of sp³-hybridized carbons (Fsp3) is 0.133. The molecule has 8 nitrogen and oxygen atoms in total. The zero-order valence-electron chi connectivity index (χ0n) is 12.1. The predicted molar refractivity (Wildman–Crippen MR) is 83.7 cm³/mol. The van der Waals surface area contributed by atoms with E-state index >= 15 is 0 Å². The van der Waals surface area contributed by atoms with E-state index in [0.29, 0.717) is 12.4 Å². The van der Waals surface area contributed by atoms with Gasteiger partial charge in [0.1, 0.15) is 24.7 Å². The molecule has 1 N–H and O–H groups in total. The van der Waals surface area contributed by atoms with Gasteiger partial charge in [0.2, 0.25) is 0 Å². The molecule has 0 aliphatic rings. The Balaban J connectivity index is 1.82. The second-order valence-electron chi connectivity index (χ2n) is 4.88. The lowest BCUT2D eigenvalue weighted by molar-refractivity contribution is -0.385. The van der Waals surface area contributed by atoms with Crippen LogP contribution >= 0.6 is 0 Å². The van der Waals surface area contributed by atoms with Crippen LogP contribution in [0, 0.1) is 10.1 Å². The molecule has 0 aliphatic carbocycles. The van der Waals surface area contributed by atoms with E-state index in [0.717, 1.165) is 5.56 Å². The van der Waals surface area contributed by atoms with Gasteiger partial charge in [-0.2, -0.15) is 5.10 Å². The van der Waals surface area contributed by atoms with Gasteiger partial charge < -0.3 is 5.32 Å². The summed E-state index contributed by atoms with van der Waals surface area (Å²) in [6, 6.07) is 12.8. The fourth-order valence-corrected chi connectivity index (χ4v) is 2.19. The summed E-state index contributed by atoms with van der Waals surface area (Å²) in [5.41, 5.74) is 1.02. The van der Waals surface area contributed by atoms with Crippen molar-refractivity contribution in [3.05, 3.63) is 77.0 Å². The SMILES string of the molecule is O=[N+]([O-])c1ccc(NC(Cn2cncn2)c2ccccc2)nc1. The Morgan fingerprint density at radius 3 is 2.65 bits per heavy atom. The summed E-state index contributed by atoms with van der Waals surface area (Å²) < 4.78 is 1.72. The highest BCUT2D eigenvalue weighted by Crippen LogP contribution is 2.21. The largest absolute Gasteiger partial charge is 0.361 e.